The first-order valence-corrected chi connectivity index (χ1v) is 9.22. The molecule has 1 heterocycles. The maximum Gasteiger partial charge on any atom is 0.270 e. The molecule has 30 heavy (non-hydrogen) atoms. The van der Waals surface area contributed by atoms with Crippen LogP contribution in [0.5, 0.6) is 17.2 Å². The van der Waals surface area contributed by atoms with Gasteiger partial charge in [-0.2, -0.15) is 4.98 Å². The Kier molecular flexibility index (Phi) is 6.23. The third-order valence-electron chi connectivity index (χ3n) is 5.06. The van der Waals surface area contributed by atoms with Gasteiger partial charge in [-0.05, 0) is 43.2 Å². The number of non-ortho nitro benzene ring substituents is 1. The molecule has 0 amide bonds. The lowest BCUT2D eigenvalue weighted by atomic mass is 9.98. The Balaban J connectivity index is 0.00000256. The van der Waals surface area contributed by atoms with Crippen LogP contribution in [0.4, 0.5) is 5.69 Å². The summed E-state index contributed by atoms with van der Waals surface area (Å²) in [6, 6.07) is 11.2. The highest BCUT2D eigenvalue weighted by Crippen LogP contribution is 2.39. The second-order valence-corrected chi connectivity index (χ2v) is 7.00. The molecule has 0 radical (unpaired) electrons. The number of nitro groups is 1. The van der Waals surface area contributed by atoms with Crippen molar-refractivity contribution in [3.8, 4) is 28.7 Å². The van der Waals surface area contributed by atoms with Gasteiger partial charge in [0.15, 0.2) is 5.82 Å². The van der Waals surface area contributed by atoms with E-state index in [1.807, 2.05) is 0 Å². The second kappa shape index (κ2) is 8.68. The van der Waals surface area contributed by atoms with Gasteiger partial charge in [0.2, 0.25) is 0 Å². The van der Waals surface area contributed by atoms with E-state index >= 15 is 0 Å². The van der Waals surface area contributed by atoms with Crippen molar-refractivity contribution in [1.29, 1.82) is 0 Å². The van der Waals surface area contributed by atoms with E-state index in [4.69, 9.17) is 19.7 Å². The molecule has 4 rings (SSSR count). The number of nitrogens with zero attached hydrogens (tertiary/aromatic N) is 3. The summed E-state index contributed by atoms with van der Waals surface area (Å²) in [6.45, 7) is 0. The van der Waals surface area contributed by atoms with Crippen molar-refractivity contribution in [2.45, 2.75) is 31.2 Å². The van der Waals surface area contributed by atoms with Crippen LogP contribution in [0.25, 0.3) is 11.5 Å². The Labute approximate surface area is 178 Å². The number of hydrogen-bond acceptors (Lipinski definition) is 8. The van der Waals surface area contributed by atoms with Crippen LogP contribution in [-0.2, 0) is 5.54 Å². The van der Waals surface area contributed by atoms with Gasteiger partial charge in [-0.3, -0.25) is 10.1 Å². The van der Waals surface area contributed by atoms with Crippen LogP contribution in [0, 0.1) is 10.1 Å². The Morgan fingerprint density at radius 1 is 1.13 bits per heavy atom. The normalized spacial score (nSPS) is 14.7. The molecule has 9 nitrogen and oxygen atoms in total. The molecule has 0 spiro atoms. The van der Waals surface area contributed by atoms with Crippen molar-refractivity contribution < 1.29 is 18.9 Å². The molecule has 10 heteroatoms. The molecule has 1 aliphatic carbocycles. The van der Waals surface area contributed by atoms with E-state index in [0.29, 0.717) is 28.6 Å². The largest absolute Gasteiger partial charge is 0.497 e. The third kappa shape index (κ3) is 4.22. The number of rotatable bonds is 6. The molecular formula is C20H21ClN4O5. The highest BCUT2D eigenvalue weighted by molar-refractivity contribution is 5.85. The van der Waals surface area contributed by atoms with Gasteiger partial charge in [0, 0.05) is 12.1 Å². The summed E-state index contributed by atoms with van der Waals surface area (Å²) in [6.07, 6.45) is 3.55. The van der Waals surface area contributed by atoms with Crippen molar-refractivity contribution in [2.24, 2.45) is 5.73 Å². The van der Waals surface area contributed by atoms with Crippen LogP contribution < -0.4 is 15.2 Å². The molecule has 0 saturated heterocycles. The van der Waals surface area contributed by atoms with Gasteiger partial charge in [0.25, 0.3) is 11.6 Å². The molecule has 0 unspecified atom stereocenters. The number of hydrogen-bond donors (Lipinski definition) is 1. The molecule has 1 saturated carbocycles. The van der Waals surface area contributed by atoms with E-state index in [0.717, 1.165) is 25.7 Å². The summed E-state index contributed by atoms with van der Waals surface area (Å²) in [5.41, 5.74) is 6.00. The third-order valence-corrected chi connectivity index (χ3v) is 5.06. The lowest BCUT2D eigenvalue weighted by Gasteiger charge is -2.17. The highest BCUT2D eigenvalue weighted by Gasteiger charge is 2.36. The minimum Gasteiger partial charge on any atom is -0.497 e. The Bertz CT molecular complexity index is 1030. The molecule has 0 aliphatic heterocycles. The van der Waals surface area contributed by atoms with Crippen molar-refractivity contribution in [1.82, 2.24) is 10.1 Å². The average Bonchev–Trinajstić information content (AvgIpc) is 3.39. The standard InChI is InChI=1S/C20H20N4O5.ClH/c1-27-14-5-7-15(8-6-14)28-17-9-4-13(24(25)26)12-16(17)18-22-19(23-29-18)20(21)10-2-3-11-20;/h4-9,12H,2-3,10-11,21H2,1H3;1H. The molecule has 3 aromatic rings. The molecule has 1 fully saturated rings. The van der Waals surface area contributed by atoms with Crippen LogP contribution in [0.3, 0.4) is 0 Å². The van der Waals surface area contributed by atoms with Gasteiger partial charge in [-0.1, -0.05) is 18.0 Å². The van der Waals surface area contributed by atoms with Gasteiger partial charge in [-0.25, -0.2) is 0 Å². The lowest BCUT2D eigenvalue weighted by molar-refractivity contribution is -0.384. The van der Waals surface area contributed by atoms with Gasteiger partial charge in [0.05, 0.1) is 23.1 Å². The minimum absolute atomic E-state index is 0. The molecule has 1 aliphatic rings. The van der Waals surface area contributed by atoms with Crippen molar-refractivity contribution in [3.05, 3.63) is 58.4 Å². The van der Waals surface area contributed by atoms with Gasteiger partial charge in [0.1, 0.15) is 17.2 Å². The van der Waals surface area contributed by atoms with Crippen molar-refractivity contribution >= 4 is 18.1 Å². The fourth-order valence-corrected chi connectivity index (χ4v) is 3.42. The zero-order valence-corrected chi connectivity index (χ0v) is 17.1. The Hall–Kier alpha value is -3.17. The van der Waals surface area contributed by atoms with E-state index in [2.05, 4.69) is 10.1 Å². The summed E-state index contributed by atoms with van der Waals surface area (Å²) in [7, 11) is 1.58. The van der Waals surface area contributed by atoms with Crippen LogP contribution in [0.1, 0.15) is 31.5 Å². The summed E-state index contributed by atoms with van der Waals surface area (Å²) >= 11 is 0. The summed E-state index contributed by atoms with van der Waals surface area (Å²) in [4.78, 5) is 15.2. The molecule has 2 aromatic carbocycles. The smallest absolute Gasteiger partial charge is 0.270 e. The molecular weight excluding hydrogens is 412 g/mol. The van der Waals surface area contributed by atoms with Crippen LogP contribution in [-0.4, -0.2) is 22.2 Å². The number of ether oxygens (including phenoxy) is 2. The number of benzene rings is 2. The van der Waals surface area contributed by atoms with Crippen LogP contribution >= 0.6 is 12.4 Å². The molecule has 1 aromatic heterocycles. The summed E-state index contributed by atoms with van der Waals surface area (Å²) < 4.78 is 16.5. The number of nitro benzene ring substituents is 1. The minimum atomic E-state index is -0.626. The number of methoxy groups -OCH3 is 1. The van der Waals surface area contributed by atoms with Crippen molar-refractivity contribution in [2.75, 3.05) is 7.11 Å². The van der Waals surface area contributed by atoms with Gasteiger partial charge in [-0.15, -0.1) is 12.4 Å². The predicted octanol–water partition coefficient (Wildman–Crippen LogP) is 4.60. The summed E-state index contributed by atoms with van der Waals surface area (Å²) in [5, 5.41) is 15.3. The topological polar surface area (TPSA) is 127 Å². The number of aromatic nitrogens is 2. The zero-order valence-electron chi connectivity index (χ0n) is 16.2. The zero-order chi connectivity index (χ0) is 20.4. The lowest BCUT2D eigenvalue weighted by Crippen LogP contribution is -2.34. The van der Waals surface area contributed by atoms with E-state index in [9.17, 15) is 10.1 Å². The summed E-state index contributed by atoms with van der Waals surface area (Å²) in [5.74, 6) is 2.11. The Morgan fingerprint density at radius 2 is 1.80 bits per heavy atom. The monoisotopic (exact) mass is 432 g/mol. The SMILES string of the molecule is COc1ccc(Oc2ccc([N+](=O)[O-])cc2-c2nc(C3(N)CCCC3)no2)cc1.Cl. The van der Waals surface area contributed by atoms with Crippen LogP contribution in [0.15, 0.2) is 47.0 Å². The fourth-order valence-electron chi connectivity index (χ4n) is 3.42. The van der Waals surface area contributed by atoms with E-state index in [1.165, 1.54) is 18.2 Å². The number of nitrogens with two attached hydrogens (primary N) is 1. The van der Waals surface area contributed by atoms with E-state index in [1.54, 1.807) is 31.4 Å². The maximum atomic E-state index is 11.3. The fraction of sp³-hybridized carbons (Fsp3) is 0.300. The average molecular weight is 433 g/mol. The molecule has 2 N–H and O–H groups in total. The van der Waals surface area contributed by atoms with Crippen molar-refractivity contribution in [3.63, 3.8) is 0 Å². The Morgan fingerprint density at radius 3 is 2.43 bits per heavy atom. The first-order chi connectivity index (χ1) is 14.0. The first-order valence-electron chi connectivity index (χ1n) is 9.22. The van der Waals surface area contributed by atoms with Gasteiger partial charge < -0.3 is 19.7 Å². The second-order valence-electron chi connectivity index (χ2n) is 7.00. The highest BCUT2D eigenvalue weighted by atomic mass is 35.5. The molecule has 0 bridgehead atoms. The molecule has 158 valence electrons. The van der Waals surface area contributed by atoms with Crippen LogP contribution in [0.2, 0.25) is 0 Å². The predicted molar refractivity (Wildman–Crippen MR) is 111 cm³/mol. The quantitative estimate of drug-likeness (QED) is 0.442. The molecule has 0 atom stereocenters. The van der Waals surface area contributed by atoms with E-state index in [-0.39, 0.29) is 24.0 Å². The maximum absolute atomic E-state index is 11.3. The van der Waals surface area contributed by atoms with Gasteiger partial charge >= 0.3 is 0 Å². The number of halogens is 1. The van der Waals surface area contributed by atoms with E-state index < -0.39 is 10.5 Å². The first kappa shape index (κ1) is 21.5.